The van der Waals surface area contributed by atoms with E-state index < -0.39 is 17.5 Å². The molecule has 0 bridgehead atoms. The second-order valence-electron chi connectivity index (χ2n) is 7.09. The first-order chi connectivity index (χ1) is 14.2. The highest BCUT2D eigenvalue weighted by molar-refractivity contribution is 7.21. The molecule has 0 atom stereocenters. The smallest absolute Gasteiger partial charge is 0.397 e. The number of rotatable bonds is 3. The Kier molecular flexibility index (Phi) is 4.86. The van der Waals surface area contributed by atoms with Crippen molar-refractivity contribution in [2.24, 2.45) is 0 Å². The van der Waals surface area contributed by atoms with Gasteiger partial charge in [-0.15, -0.1) is 11.3 Å². The quantitative estimate of drug-likeness (QED) is 0.385. The third kappa shape index (κ3) is 3.45. The number of nitrogens with zero attached hydrogens (tertiary/aromatic N) is 1. The molecule has 4 aromatic rings. The van der Waals surface area contributed by atoms with Crippen LogP contribution in [0.3, 0.4) is 0 Å². The maximum atomic E-state index is 13.9. The lowest BCUT2D eigenvalue weighted by Gasteiger charge is -2.11. The van der Waals surface area contributed by atoms with Gasteiger partial charge in [0, 0.05) is 16.5 Å². The number of hydrogen-bond acceptors (Lipinski definition) is 4. The molecule has 0 saturated heterocycles. The Hall–Kier alpha value is -3.19. The maximum absolute atomic E-state index is 13.9. The summed E-state index contributed by atoms with van der Waals surface area (Å²) in [6.07, 6.45) is -4.64. The third-order valence-corrected chi connectivity index (χ3v) is 6.00. The van der Waals surface area contributed by atoms with Gasteiger partial charge in [-0.3, -0.25) is 4.79 Å². The molecule has 7 heteroatoms. The average molecular weight is 426 g/mol. The van der Waals surface area contributed by atoms with Crippen LogP contribution >= 0.6 is 11.3 Å². The predicted molar refractivity (Wildman–Crippen MR) is 114 cm³/mol. The lowest BCUT2D eigenvalue weighted by Crippen LogP contribution is -2.08. The van der Waals surface area contributed by atoms with Crippen molar-refractivity contribution in [3.8, 4) is 11.3 Å². The predicted octanol–water partition coefficient (Wildman–Crippen LogP) is 6.41. The van der Waals surface area contributed by atoms with E-state index in [-0.39, 0.29) is 26.5 Å². The van der Waals surface area contributed by atoms with Crippen molar-refractivity contribution in [1.82, 2.24) is 4.98 Å². The van der Waals surface area contributed by atoms with Crippen LogP contribution in [0, 0.1) is 13.8 Å². The molecule has 0 aliphatic heterocycles. The topological polar surface area (TPSA) is 56.0 Å². The fourth-order valence-corrected chi connectivity index (χ4v) is 4.53. The molecule has 0 radical (unpaired) electrons. The zero-order chi connectivity index (χ0) is 21.6. The highest BCUT2D eigenvalue weighted by Gasteiger charge is 2.36. The normalized spacial score (nSPS) is 11.8. The minimum absolute atomic E-state index is 0.0696. The summed E-state index contributed by atoms with van der Waals surface area (Å²) in [5.41, 5.74) is 7.90. The molecule has 152 valence electrons. The molecule has 2 N–H and O–H groups in total. The summed E-state index contributed by atoms with van der Waals surface area (Å²) < 4.78 is 41.6. The van der Waals surface area contributed by atoms with E-state index >= 15 is 0 Å². The van der Waals surface area contributed by atoms with Crippen LogP contribution in [0.25, 0.3) is 21.5 Å². The molecule has 0 saturated carbocycles. The van der Waals surface area contributed by atoms with Crippen LogP contribution in [-0.2, 0) is 6.18 Å². The number of carbonyl (C=O) groups excluding carboxylic acids is 1. The number of fused-ring (bicyclic) bond motifs is 1. The van der Waals surface area contributed by atoms with Gasteiger partial charge in [0.15, 0.2) is 0 Å². The monoisotopic (exact) mass is 426 g/mol. The van der Waals surface area contributed by atoms with E-state index in [0.717, 1.165) is 28.5 Å². The molecule has 0 spiro atoms. The molecule has 3 nitrogen and oxygen atoms in total. The van der Waals surface area contributed by atoms with Crippen LogP contribution in [0.5, 0.6) is 0 Å². The number of carbonyl (C=O) groups is 1. The van der Waals surface area contributed by atoms with E-state index in [1.54, 1.807) is 49.4 Å². The SMILES string of the molecule is Cc1ccc(C(=O)c2sc3nc(-c4ccccc4)cc(C(F)(F)F)c3c2N)c(C)c1. The highest BCUT2D eigenvalue weighted by atomic mass is 32.1. The molecule has 30 heavy (non-hydrogen) atoms. The molecule has 2 heterocycles. The molecule has 0 aliphatic rings. The number of halogens is 3. The summed E-state index contributed by atoms with van der Waals surface area (Å²) in [5, 5.41) is -0.222. The average Bonchev–Trinajstić information content (AvgIpc) is 3.03. The summed E-state index contributed by atoms with van der Waals surface area (Å²) in [6.45, 7) is 3.69. The van der Waals surface area contributed by atoms with Crippen LogP contribution in [0.2, 0.25) is 0 Å². The van der Waals surface area contributed by atoms with Crippen molar-refractivity contribution in [3.05, 3.63) is 81.7 Å². The van der Waals surface area contributed by atoms with Gasteiger partial charge < -0.3 is 5.73 Å². The standard InChI is InChI=1S/C23H17F3N2OS/c1-12-8-9-15(13(2)10-12)20(29)21-19(27)18-16(23(24,25)26)11-17(28-22(18)30-21)14-6-4-3-5-7-14/h3-11H,27H2,1-2H3. The van der Waals surface area contributed by atoms with E-state index in [9.17, 15) is 18.0 Å². The number of benzene rings is 2. The second kappa shape index (κ2) is 7.25. The largest absolute Gasteiger partial charge is 0.417 e. The minimum atomic E-state index is -4.64. The summed E-state index contributed by atoms with van der Waals surface area (Å²) >= 11 is 0.893. The van der Waals surface area contributed by atoms with Gasteiger partial charge in [0.05, 0.1) is 16.9 Å². The number of alkyl halides is 3. The Balaban J connectivity index is 1.96. The lowest BCUT2D eigenvalue weighted by molar-refractivity contribution is -0.136. The number of nitrogens with two attached hydrogens (primary N) is 1. The number of ketones is 1. The maximum Gasteiger partial charge on any atom is 0.417 e. The Morgan fingerprint density at radius 1 is 1.03 bits per heavy atom. The van der Waals surface area contributed by atoms with E-state index in [1.807, 2.05) is 13.0 Å². The van der Waals surface area contributed by atoms with Gasteiger partial charge >= 0.3 is 6.18 Å². The fourth-order valence-electron chi connectivity index (χ4n) is 3.46. The molecule has 0 amide bonds. The van der Waals surface area contributed by atoms with Gasteiger partial charge in [0.25, 0.3) is 0 Å². The molecule has 2 aromatic carbocycles. The molecule has 0 unspecified atom stereocenters. The molecule has 2 aromatic heterocycles. The number of anilines is 1. The van der Waals surface area contributed by atoms with Gasteiger partial charge in [-0.2, -0.15) is 13.2 Å². The number of thiophene rings is 1. The summed E-state index contributed by atoms with van der Waals surface area (Å²) in [5.74, 6) is -0.401. The number of nitrogen functional groups attached to an aromatic ring is 1. The Morgan fingerprint density at radius 2 is 1.73 bits per heavy atom. The van der Waals surface area contributed by atoms with Gasteiger partial charge in [0.2, 0.25) is 5.78 Å². The Bertz CT molecular complexity index is 1280. The second-order valence-corrected chi connectivity index (χ2v) is 8.09. The number of aromatic nitrogens is 1. The number of pyridine rings is 1. The zero-order valence-corrected chi connectivity index (χ0v) is 17.0. The van der Waals surface area contributed by atoms with Crippen molar-refractivity contribution in [2.75, 3.05) is 5.73 Å². The van der Waals surface area contributed by atoms with Crippen molar-refractivity contribution in [3.63, 3.8) is 0 Å². The molecule has 0 aliphatic carbocycles. The minimum Gasteiger partial charge on any atom is -0.397 e. The molecular weight excluding hydrogens is 409 g/mol. The van der Waals surface area contributed by atoms with Crippen molar-refractivity contribution in [1.29, 1.82) is 0 Å². The lowest BCUT2D eigenvalue weighted by atomic mass is 10.00. The summed E-state index contributed by atoms with van der Waals surface area (Å²) in [4.78, 5) is 17.7. The van der Waals surface area contributed by atoms with Gasteiger partial charge in [-0.25, -0.2) is 4.98 Å². The van der Waals surface area contributed by atoms with Crippen LogP contribution in [0.1, 0.15) is 31.9 Å². The first kappa shape index (κ1) is 20.1. The fraction of sp³-hybridized carbons (Fsp3) is 0.130. The van der Waals surface area contributed by atoms with Crippen LogP contribution in [0.4, 0.5) is 18.9 Å². The third-order valence-electron chi connectivity index (χ3n) is 4.91. The number of aryl methyl sites for hydroxylation is 2. The Morgan fingerprint density at radius 3 is 2.37 bits per heavy atom. The summed E-state index contributed by atoms with van der Waals surface area (Å²) in [7, 11) is 0. The van der Waals surface area contributed by atoms with E-state index in [1.165, 1.54) is 0 Å². The first-order valence-corrected chi connectivity index (χ1v) is 9.96. The van der Waals surface area contributed by atoms with Crippen molar-refractivity contribution < 1.29 is 18.0 Å². The molecule has 0 fully saturated rings. The van der Waals surface area contributed by atoms with Crippen LogP contribution in [0.15, 0.2) is 54.6 Å². The van der Waals surface area contributed by atoms with Crippen LogP contribution < -0.4 is 5.73 Å². The van der Waals surface area contributed by atoms with Gasteiger partial charge in [-0.1, -0.05) is 54.1 Å². The molecular formula is C23H17F3N2OS. The summed E-state index contributed by atoms with van der Waals surface area (Å²) in [6, 6.07) is 14.9. The van der Waals surface area contributed by atoms with E-state index in [2.05, 4.69) is 4.98 Å². The number of hydrogen-bond donors (Lipinski definition) is 1. The first-order valence-electron chi connectivity index (χ1n) is 9.14. The van der Waals surface area contributed by atoms with Crippen LogP contribution in [-0.4, -0.2) is 10.8 Å². The highest BCUT2D eigenvalue weighted by Crippen LogP contribution is 2.44. The van der Waals surface area contributed by atoms with Gasteiger partial charge in [-0.05, 0) is 25.5 Å². The zero-order valence-electron chi connectivity index (χ0n) is 16.2. The Labute approximate surface area is 175 Å². The van der Waals surface area contributed by atoms with E-state index in [0.29, 0.717) is 11.1 Å². The molecule has 4 rings (SSSR count). The van der Waals surface area contributed by atoms with E-state index in [4.69, 9.17) is 5.73 Å². The van der Waals surface area contributed by atoms with Crippen molar-refractivity contribution >= 4 is 33.0 Å². The van der Waals surface area contributed by atoms with Crippen molar-refractivity contribution in [2.45, 2.75) is 20.0 Å². The van der Waals surface area contributed by atoms with Gasteiger partial charge in [0.1, 0.15) is 9.71 Å².